The molecule has 4 rings (SSSR count). The van der Waals surface area contributed by atoms with Gasteiger partial charge in [0.1, 0.15) is 5.82 Å². The van der Waals surface area contributed by atoms with E-state index in [1.54, 1.807) is 0 Å². The number of fused-ring (bicyclic) bond motifs is 1. The summed E-state index contributed by atoms with van der Waals surface area (Å²) >= 11 is 0. The van der Waals surface area contributed by atoms with Crippen LogP contribution in [0, 0.1) is 0 Å². The summed E-state index contributed by atoms with van der Waals surface area (Å²) in [4.78, 5) is 15.6. The van der Waals surface area contributed by atoms with Crippen LogP contribution in [0.3, 0.4) is 0 Å². The Labute approximate surface area is 184 Å². The number of hydrogen-bond acceptors (Lipinski definition) is 7. The van der Waals surface area contributed by atoms with Crippen molar-refractivity contribution in [3.8, 4) is 17.0 Å². The number of nitrogens with zero attached hydrogens (tertiary/aromatic N) is 4. The molecule has 1 aromatic carbocycles. The zero-order chi connectivity index (χ0) is 21.6. The zero-order valence-corrected chi connectivity index (χ0v) is 18.5. The van der Waals surface area contributed by atoms with Gasteiger partial charge in [-0.3, -0.25) is 0 Å². The van der Waals surface area contributed by atoms with Gasteiger partial charge in [-0.2, -0.15) is 4.98 Å². The Morgan fingerprint density at radius 1 is 1.06 bits per heavy atom. The summed E-state index contributed by atoms with van der Waals surface area (Å²) in [7, 11) is 4.12. The van der Waals surface area contributed by atoms with Gasteiger partial charge in [-0.25, -0.2) is 9.97 Å². The van der Waals surface area contributed by atoms with Crippen LogP contribution in [0.25, 0.3) is 22.0 Å². The van der Waals surface area contributed by atoms with Crippen LogP contribution < -0.4 is 15.8 Å². The van der Waals surface area contributed by atoms with Gasteiger partial charge in [-0.15, -0.1) is 0 Å². The lowest BCUT2D eigenvalue weighted by Crippen LogP contribution is -2.23. The molecule has 1 fully saturated rings. The van der Waals surface area contributed by atoms with Gasteiger partial charge in [0.05, 0.1) is 12.1 Å². The minimum atomic E-state index is 0.302. The van der Waals surface area contributed by atoms with E-state index < -0.39 is 0 Å². The third-order valence-electron chi connectivity index (χ3n) is 5.73. The van der Waals surface area contributed by atoms with Crippen LogP contribution in [0.2, 0.25) is 0 Å². The van der Waals surface area contributed by atoms with E-state index in [2.05, 4.69) is 45.3 Å². The van der Waals surface area contributed by atoms with Crippen LogP contribution in [0.4, 0.5) is 11.8 Å². The Balaban J connectivity index is 1.52. The van der Waals surface area contributed by atoms with Crippen molar-refractivity contribution < 1.29 is 4.74 Å². The first-order valence-corrected chi connectivity index (χ1v) is 11.2. The van der Waals surface area contributed by atoms with Gasteiger partial charge < -0.3 is 20.7 Å². The van der Waals surface area contributed by atoms with E-state index in [0.717, 1.165) is 40.8 Å². The lowest BCUT2D eigenvalue weighted by atomic mass is 9.95. The van der Waals surface area contributed by atoms with Crippen molar-refractivity contribution in [1.29, 1.82) is 0 Å². The highest BCUT2D eigenvalue weighted by Crippen LogP contribution is 2.30. The number of ether oxygens (including phenoxy) is 1. The summed E-state index contributed by atoms with van der Waals surface area (Å²) in [5.41, 5.74) is 8.92. The molecule has 3 N–H and O–H groups in total. The van der Waals surface area contributed by atoms with Crippen LogP contribution in [-0.2, 0) is 0 Å². The number of nitrogen functional groups attached to an aromatic ring is 1. The van der Waals surface area contributed by atoms with Crippen molar-refractivity contribution in [2.75, 3.05) is 38.3 Å². The van der Waals surface area contributed by atoms with E-state index >= 15 is 0 Å². The monoisotopic (exact) mass is 420 g/mol. The van der Waals surface area contributed by atoms with Crippen LogP contribution >= 0.6 is 0 Å². The molecule has 164 valence electrons. The summed E-state index contributed by atoms with van der Waals surface area (Å²) in [6.45, 7) is 1.66. The Kier molecular flexibility index (Phi) is 6.82. The molecule has 3 aromatic rings. The second kappa shape index (κ2) is 9.92. The Bertz CT molecular complexity index is 999. The fourth-order valence-corrected chi connectivity index (χ4v) is 4.07. The molecule has 0 saturated heterocycles. The zero-order valence-electron chi connectivity index (χ0n) is 18.5. The maximum Gasteiger partial charge on any atom is 0.222 e. The maximum absolute atomic E-state index is 5.97. The van der Waals surface area contributed by atoms with Gasteiger partial charge >= 0.3 is 0 Å². The fourth-order valence-electron chi connectivity index (χ4n) is 4.07. The van der Waals surface area contributed by atoms with Gasteiger partial charge in [-0.05, 0) is 57.1 Å². The van der Waals surface area contributed by atoms with Crippen molar-refractivity contribution in [1.82, 2.24) is 19.9 Å². The first-order valence-electron chi connectivity index (χ1n) is 11.2. The maximum atomic E-state index is 5.97. The van der Waals surface area contributed by atoms with Crippen molar-refractivity contribution in [3.05, 3.63) is 36.5 Å². The lowest BCUT2D eigenvalue weighted by Gasteiger charge is -2.24. The molecule has 2 aromatic heterocycles. The second-order valence-electron chi connectivity index (χ2n) is 8.53. The summed E-state index contributed by atoms with van der Waals surface area (Å²) in [6.07, 6.45) is 9.01. The van der Waals surface area contributed by atoms with E-state index in [1.807, 2.05) is 30.5 Å². The summed E-state index contributed by atoms with van der Waals surface area (Å²) in [5.74, 6) is 1.78. The highest BCUT2D eigenvalue weighted by Gasteiger charge is 2.16. The number of aromatic nitrogens is 3. The van der Waals surface area contributed by atoms with Crippen LogP contribution in [0.1, 0.15) is 38.5 Å². The molecule has 0 amide bonds. The molecule has 0 aliphatic heterocycles. The third kappa shape index (κ3) is 5.61. The van der Waals surface area contributed by atoms with E-state index in [-0.39, 0.29) is 0 Å². The molecule has 7 nitrogen and oxygen atoms in total. The molecule has 0 bridgehead atoms. The predicted molar refractivity (Wildman–Crippen MR) is 126 cm³/mol. The number of nitrogens with two attached hydrogens (primary N) is 1. The molecule has 1 aliphatic rings. The molecule has 0 spiro atoms. The standard InChI is InChI=1S/C24H32N6O/c1-30(2)13-6-14-31-22-12-10-18(16-26-22)17-9-11-21-20(15-17)23(29-24(25)28-21)27-19-7-4-3-5-8-19/h9-12,15-16,19H,3-8,13-14H2,1-2H3,(H3,25,27,28,29). The number of rotatable bonds is 8. The normalized spacial score (nSPS) is 14.8. The van der Waals surface area contributed by atoms with Crippen LogP contribution in [0.5, 0.6) is 5.88 Å². The average Bonchev–Trinajstić information content (AvgIpc) is 2.77. The van der Waals surface area contributed by atoms with Crippen molar-refractivity contribution >= 4 is 22.7 Å². The third-order valence-corrected chi connectivity index (χ3v) is 5.73. The van der Waals surface area contributed by atoms with Crippen LogP contribution in [0.15, 0.2) is 36.5 Å². The summed E-state index contributed by atoms with van der Waals surface area (Å²) < 4.78 is 5.75. The predicted octanol–water partition coefficient (Wildman–Crippen LogP) is 4.35. The SMILES string of the molecule is CN(C)CCCOc1ccc(-c2ccc3nc(N)nc(NC4CCCCC4)c3c2)cn1. The second-order valence-corrected chi connectivity index (χ2v) is 8.53. The minimum absolute atomic E-state index is 0.302. The minimum Gasteiger partial charge on any atom is -0.478 e. The van der Waals surface area contributed by atoms with Gasteiger partial charge in [0.25, 0.3) is 0 Å². The van der Waals surface area contributed by atoms with E-state index in [0.29, 0.717) is 24.5 Å². The Morgan fingerprint density at radius 2 is 1.87 bits per heavy atom. The largest absolute Gasteiger partial charge is 0.478 e. The molecule has 31 heavy (non-hydrogen) atoms. The summed E-state index contributed by atoms with van der Waals surface area (Å²) in [5, 5.41) is 4.61. The van der Waals surface area contributed by atoms with E-state index in [4.69, 9.17) is 10.5 Å². The number of pyridine rings is 1. The molecule has 0 radical (unpaired) electrons. The number of nitrogens with one attached hydrogen (secondary N) is 1. The smallest absolute Gasteiger partial charge is 0.222 e. The highest BCUT2D eigenvalue weighted by atomic mass is 16.5. The van der Waals surface area contributed by atoms with Gasteiger partial charge in [-0.1, -0.05) is 25.3 Å². The van der Waals surface area contributed by atoms with Gasteiger partial charge in [0, 0.05) is 35.8 Å². The van der Waals surface area contributed by atoms with E-state index in [9.17, 15) is 0 Å². The first kappa shape index (κ1) is 21.3. The van der Waals surface area contributed by atoms with Gasteiger partial charge in [0.2, 0.25) is 11.8 Å². The molecule has 7 heteroatoms. The van der Waals surface area contributed by atoms with Crippen molar-refractivity contribution in [3.63, 3.8) is 0 Å². The molecule has 0 atom stereocenters. The molecular weight excluding hydrogens is 388 g/mol. The first-order chi connectivity index (χ1) is 15.1. The molecule has 1 saturated carbocycles. The van der Waals surface area contributed by atoms with E-state index in [1.165, 1.54) is 32.1 Å². The molecule has 2 heterocycles. The summed E-state index contributed by atoms with van der Waals surface area (Å²) in [6, 6.07) is 10.6. The number of benzene rings is 1. The highest BCUT2D eigenvalue weighted by molar-refractivity contribution is 5.93. The van der Waals surface area contributed by atoms with Crippen molar-refractivity contribution in [2.24, 2.45) is 0 Å². The quantitative estimate of drug-likeness (QED) is 0.524. The molecule has 1 aliphatic carbocycles. The fraction of sp³-hybridized carbons (Fsp3) is 0.458. The van der Waals surface area contributed by atoms with Gasteiger partial charge in [0.15, 0.2) is 0 Å². The number of anilines is 2. The lowest BCUT2D eigenvalue weighted by molar-refractivity contribution is 0.273. The topological polar surface area (TPSA) is 89.2 Å². The molecule has 0 unspecified atom stereocenters. The Morgan fingerprint density at radius 3 is 2.61 bits per heavy atom. The van der Waals surface area contributed by atoms with Crippen molar-refractivity contribution in [2.45, 2.75) is 44.6 Å². The average molecular weight is 421 g/mol. The van der Waals surface area contributed by atoms with Crippen LogP contribution in [-0.4, -0.2) is 53.1 Å². The molecular formula is C24H32N6O. The Hall–Kier alpha value is -2.93. The number of hydrogen-bond donors (Lipinski definition) is 2.